The number of aliphatic hydroxyl groups is 2. The fraction of sp³-hybridized carbons (Fsp3) is 0.750. The highest BCUT2D eigenvalue weighted by atomic mass is 32.1. The zero-order valence-corrected chi connectivity index (χ0v) is 11.8. The monoisotopic (exact) mass is 258 g/mol. The normalized spacial score (nSPS) is 15.9. The summed E-state index contributed by atoms with van der Waals surface area (Å²) in [6, 6.07) is 0. The zero-order chi connectivity index (χ0) is 13.1. The van der Waals surface area contributed by atoms with E-state index in [-0.39, 0.29) is 12.0 Å². The van der Waals surface area contributed by atoms with E-state index in [1.165, 1.54) is 11.3 Å². The van der Waals surface area contributed by atoms with Crippen LogP contribution in [-0.2, 0) is 11.0 Å². The molecule has 4 nitrogen and oxygen atoms in total. The van der Waals surface area contributed by atoms with Crippen molar-refractivity contribution in [3.63, 3.8) is 0 Å². The second-order valence-electron chi connectivity index (χ2n) is 5.46. The summed E-state index contributed by atoms with van der Waals surface area (Å²) in [5, 5.41) is 24.7. The Morgan fingerprint density at radius 1 is 1.35 bits per heavy atom. The minimum atomic E-state index is -0.983. The largest absolute Gasteiger partial charge is 0.395 e. The average Bonchev–Trinajstić information content (AvgIpc) is 2.66. The van der Waals surface area contributed by atoms with Gasteiger partial charge in [0, 0.05) is 23.9 Å². The predicted octanol–water partition coefficient (Wildman–Crippen LogP) is 1.23. The van der Waals surface area contributed by atoms with Crippen LogP contribution in [0.5, 0.6) is 0 Å². The van der Waals surface area contributed by atoms with Crippen molar-refractivity contribution >= 4 is 11.3 Å². The van der Waals surface area contributed by atoms with E-state index in [1.807, 2.05) is 5.38 Å². The molecule has 0 radical (unpaired) electrons. The van der Waals surface area contributed by atoms with Gasteiger partial charge in [0.25, 0.3) is 0 Å². The smallest absolute Gasteiger partial charge is 0.126 e. The molecule has 1 aromatic rings. The number of nitrogens with one attached hydrogen (secondary N) is 1. The molecule has 0 aliphatic heterocycles. The summed E-state index contributed by atoms with van der Waals surface area (Å²) in [5.41, 5.74) is 0.0205. The van der Waals surface area contributed by atoms with E-state index in [2.05, 4.69) is 31.1 Å². The van der Waals surface area contributed by atoms with Crippen LogP contribution >= 0.6 is 11.3 Å². The minimum absolute atomic E-state index is 0.00333. The number of aliphatic hydroxyl groups excluding tert-OH is 1. The van der Waals surface area contributed by atoms with E-state index in [0.29, 0.717) is 18.1 Å². The maximum atomic E-state index is 10.3. The Hall–Kier alpha value is -0.490. The van der Waals surface area contributed by atoms with Crippen molar-refractivity contribution in [2.45, 2.75) is 38.7 Å². The van der Waals surface area contributed by atoms with Gasteiger partial charge in [-0.3, -0.25) is 0 Å². The van der Waals surface area contributed by atoms with E-state index in [4.69, 9.17) is 5.11 Å². The molecule has 0 spiro atoms. The molecule has 0 aromatic carbocycles. The molecule has 0 fully saturated rings. The van der Waals surface area contributed by atoms with E-state index in [9.17, 15) is 5.11 Å². The van der Waals surface area contributed by atoms with Crippen LogP contribution in [0.15, 0.2) is 5.38 Å². The first kappa shape index (κ1) is 14.6. The van der Waals surface area contributed by atoms with E-state index in [0.717, 1.165) is 5.69 Å². The Morgan fingerprint density at radius 2 is 2.00 bits per heavy atom. The molecule has 5 heteroatoms. The highest BCUT2D eigenvalue weighted by Crippen LogP contribution is 2.29. The van der Waals surface area contributed by atoms with Crippen LogP contribution in [-0.4, -0.2) is 34.9 Å². The number of hydrogen-bond donors (Lipinski definition) is 3. The van der Waals surface area contributed by atoms with Crippen LogP contribution in [0.1, 0.15) is 38.4 Å². The summed E-state index contributed by atoms with van der Waals surface area (Å²) in [6.45, 7) is 8.99. The first-order chi connectivity index (χ1) is 7.77. The van der Waals surface area contributed by atoms with Crippen LogP contribution in [0.2, 0.25) is 0 Å². The first-order valence-electron chi connectivity index (χ1n) is 5.78. The summed E-state index contributed by atoms with van der Waals surface area (Å²) in [4.78, 5) is 4.50. The third-order valence-corrected chi connectivity index (χ3v) is 3.59. The quantitative estimate of drug-likeness (QED) is 0.695. The average molecular weight is 258 g/mol. The summed E-state index contributed by atoms with van der Waals surface area (Å²) in [5.74, 6) is 0. The number of nitrogens with zero attached hydrogens (tertiary/aromatic N) is 1. The van der Waals surface area contributed by atoms with Gasteiger partial charge in [0.1, 0.15) is 10.6 Å². The third kappa shape index (κ3) is 4.03. The van der Waals surface area contributed by atoms with Gasteiger partial charge < -0.3 is 15.5 Å². The van der Waals surface area contributed by atoms with Crippen LogP contribution < -0.4 is 5.32 Å². The minimum Gasteiger partial charge on any atom is -0.395 e. The van der Waals surface area contributed by atoms with Gasteiger partial charge in [-0.25, -0.2) is 4.98 Å². The Balaban J connectivity index is 2.74. The molecule has 1 aromatic heterocycles. The number of rotatable bonds is 5. The molecule has 1 atom stereocenters. The van der Waals surface area contributed by atoms with Crippen molar-refractivity contribution in [1.82, 2.24) is 10.3 Å². The fourth-order valence-corrected chi connectivity index (χ4v) is 2.46. The molecule has 0 aliphatic rings. The summed E-state index contributed by atoms with van der Waals surface area (Å²) in [6.07, 6.45) is 0. The maximum absolute atomic E-state index is 10.3. The molecule has 0 saturated carbocycles. The first-order valence-corrected chi connectivity index (χ1v) is 6.66. The molecule has 1 rings (SSSR count). The molecule has 0 aliphatic carbocycles. The van der Waals surface area contributed by atoms with E-state index in [1.54, 1.807) is 6.92 Å². The summed E-state index contributed by atoms with van der Waals surface area (Å²) in [7, 11) is 0. The molecule has 98 valence electrons. The molecule has 1 heterocycles. The number of thiazole rings is 1. The fourth-order valence-electron chi connectivity index (χ4n) is 1.35. The molecule has 3 N–H and O–H groups in total. The maximum Gasteiger partial charge on any atom is 0.126 e. The lowest BCUT2D eigenvalue weighted by Gasteiger charge is -2.21. The molecule has 17 heavy (non-hydrogen) atoms. The third-order valence-electron chi connectivity index (χ3n) is 2.49. The Bertz CT molecular complexity index is 356. The molecule has 0 bridgehead atoms. The SMILES string of the molecule is CC(C)(C)c1csc(C(C)(O)CNCCO)n1. The number of hydrogen-bond acceptors (Lipinski definition) is 5. The van der Waals surface area contributed by atoms with E-state index < -0.39 is 5.60 Å². The van der Waals surface area contributed by atoms with Crippen LogP contribution in [0.3, 0.4) is 0 Å². The topological polar surface area (TPSA) is 65.4 Å². The van der Waals surface area contributed by atoms with Gasteiger partial charge in [-0.1, -0.05) is 20.8 Å². The predicted molar refractivity (Wildman–Crippen MR) is 70.3 cm³/mol. The number of aromatic nitrogens is 1. The lowest BCUT2D eigenvalue weighted by atomic mass is 9.93. The molecular weight excluding hydrogens is 236 g/mol. The Kier molecular flexibility index (Phi) is 4.66. The van der Waals surface area contributed by atoms with Crippen LogP contribution in [0.25, 0.3) is 0 Å². The van der Waals surface area contributed by atoms with Crippen molar-refractivity contribution in [3.8, 4) is 0 Å². The lowest BCUT2D eigenvalue weighted by Crippen LogP contribution is -2.36. The summed E-state index contributed by atoms with van der Waals surface area (Å²) < 4.78 is 0. The van der Waals surface area contributed by atoms with Crippen molar-refractivity contribution < 1.29 is 10.2 Å². The summed E-state index contributed by atoms with van der Waals surface area (Å²) >= 11 is 1.48. The van der Waals surface area contributed by atoms with Crippen molar-refractivity contribution in [3.05, 3.63) is 16.1 Å². The Labute approximate surface area is 107 Å². The Morgan fingerprint density at radius 3 is 2.47 bits per heavy atom. The molecular formula is C12H22N2O2S. The molecule has 0 amide bonds. The van der Waals surface area contributed by atoms with Gasteiger partial charge in [0.05, 0.1) is 12.3 Å². The van der Waals surface area contributed by atoms with Crippen molar-refractivity contribution in [1.29, 1.82) is 0 Å². The van der Waals surface area contributed by atoms with Gasteiger partial charge >= 0.3 is 0 Å². The van der Waals surface area contributed by atoms with E-state index >= 15 is 0 Å². The van der Waals surface area contributed by atoms with Crippen LogP contribution in [0.4, 0.5) is 0 Å². The molecule has 0 saturated heterocycles. The highest BCUT2D eigenvalue weighted by Gasteiger charge is 2.28. The van der Waals surface area contributed by atoms with Gasteiger partial charge in [-0.2, -0.15) is 0 Å². The van der Waals surface area contributed by atoms with Gasteiger partial charge in [-0.05, 0) is 6.92 Å². The van der Waals surface area contributed by atoms with Gasteiger partial charge in [0.2, 0.25) is 0 Å². The van der Waals surface area contributed by atoms with Crippen LogP contribution in [0, 0.1) is 0 Å². The highest BCUT2D eigenvalue weighted by molar-refractivity contribution is 7.09. The standard InChI is InChI=1S/C12H22N2O2S/c1-11(2,3)9-7-17-10(14-9)12(4,16)8-13-5-6-15/h7,13,15-16H,5-6,8H2,1-4H3. The van der Waals surface area contributed by atoms with Gasteiger partial charge in [-0.15, -0.1) is 11.3 Å². The second kappa shape index (κ2) is 5.44. The lowest BCUT2D eigenvalue weighted by molar-refractivity contribution is 0.0554. The van der Waals surface area contributed by atoms with Crippen molar-refractivity contribution in [2.24, 2.45) is 0 Å². The second-order valence-corrected chi connectivity index (χ2v) is 6.32. The molecule has 1 unspecified atom stereocenters. The van der Waals surface area contributed by atoms with Gasteiger partial charge in [0.15, 0.2) is 0 Å². The van der Waals surface area contributed by atoms with Crippen molar-refractivity contribution in [2.75, 3.05) is 19.7 Å². The zero-order valence-electron chi connectivity index (χ0n) is 10.9.